The van der Waals surface area contributed by atoms with E-state index in [1.54, 1.807) is 11.3 Å². The lowest BCUT2D eigenvalue weighted by molar-refractivity contribution is 0.0538. The van der Waals surface area contributed by atoms with Crippen LogP contribution in [0.3, 0.4) is 0 Å². The van der Waals surface area contributed by atoms with Crippen LogP contribution in [0.4, 0.5) is 0 Å². The number of benzene rings is 1. The van der Waals surface area contributed by atoms with Crippen molar-refractivity contribution in [3.63, 3.8) is 0 Å². The number of esters is 1. The summed E-state index contributed by atoms with van der Waals surface area (Å²) >= 11 is 1.64. The van der Waals surface area contributed by atoms with Crippen molar-refractivity contribution >= 4 is 27.4 Å². The van der Waals surface area contributed by atoms with Gasteiger partial charge in [0.25, 0.3) is 0 Å². The first kappa shape index (κ1) is 7.09. The Balaban J connectivity index is 2.46. The zero-order valence-electron chi connectivity index (χ0n) is 6.74. The highest BCUT2D eigenvalue weighted by Crippen LogP contribution is 2.35. The number of ether oxygens (including phenoxy) is 1. The molecule has 1 aromatic carbocycles. The van der Waals surface area contributed by atoms with Gasteiger partial charge in [-0.25, -0.2) is 4.79 Å². The Hall–Kier alpha value is -1.35. The average molecular weight is 190 g/mol. The number of fused-ring (bicyclic) bond motifs is 3. The normalized spacial score (nSPS) is 14.6. The lowest BCUT2D eigenvalue weighted by atomic mass is 10.1. The summed E-state index contributed by atoms with van der Waals surface area (Å²) < 4.78 is 6.11. The Labute approximate surface area is 78.8 Å². The fraction of sp³-hybridized carbons (Fsp3) is 0.100. The molecule has 1 aliphatic rings. The molecule has 0 saturated carbocycles. The zero-order chi connectivity index (χ0) is 8.84. The van der Waals surface area contributed by atoms with Crippen molar-refractivity contribution in [1.82, 2.24) is 0 Å². The van der Waals surface area contributed by atoms with E-state index in [1.165, 1.54) is 4.70 Å². The van der Waals surface area contributed by atoms with Gasteiger partial charge in [-0.1, -0.05) is 18.2 Å². The van der Waals surface area contributed by atoms with Gasteiger partial charge < -0.3 is 4.74 Å². The Bertz CT molecular complexity index is 499. The number of carbonyl (C=O) groups is 1. The van der Waals surface area contributed by atoms with Gasteiger partial charge in [0.05, 0.1) is 10.4 Å². The van der Waals surface area contributed by atoms with Crippen LogP contribution in [0.5, 0.6) is 0 Å². The SMILES string of the molecule is O=C1OCc2sc3ccccc3c21. The van der Waals surface area contributed by atoms with Crippen LogP contribution in [0, 0.1) is 0 Å². The first-order chi connectivity index (χ1) is 6.36. The van der Waals surface area contributed by atoms with Crippen molar-refractivity contribution < 1.29 is 9.53 Å². The van der Waals surface area contributed by atoms with Gasteiger partial charge in [0.15, 0.2) is 0 Å². The number of carbonyl (C=O) groups excluding carboxylic acids is 1. The molecule has 0 radical (unpaired) electrons. The molecule has 64 valence electrons. The number of thiophene rings is 1. The van der Waals surface area contributed by atoms with Gasteiger partial charge in [-0.3, -0.25) is 0 Å². The van der Waals surface area contributed by atoms with Gasteiger partial charge in [0.2, 0.25) is 0 Å². The van der Waals surface area contributed by atoms with Crippen molar-refractivity contribution in [2.75, 3.05) is 0 Å². The van der Waals surface area contributed by atoms with Gasteiger partial charge in [-0.15, -0.1) is 11.3 Å². The highest BCUT2D eigenvalue weighted by atomic mass is 32.1. The minimum Gasteiger partial charge on any atom is -0.456 e. The molecule has 0 fully saturated rings. The Morgan fingerprint density at radius 2 is 2.15 bits per heavy atom. The van der Waals surface area contributed by atoms with Crippen molar-refractivity contribution in [3.05, 3.63) is 34.7 Å². The van der Waals surface area contributed by atoms with Gasteiger partial charge in [0, 0.05) is 10.1 Å². The van der Waals surface area contributed by atoms with Gasteiger partial charge in [0.1, 0.15) is 6.61 Å². The van der Waals surface area contributed by atoms with Crippen molar-refractivity contribution in [3.8, 4) is 0 Å². The monoisotopic (exact) mass is 190 g/mol. The van der Waals surface area contributed by atoms with E-state index in [9.17, 15) is 4.79 Å². The minimum atomic E-state index is -0.174. The summed E-state index contributed by atoms with van der Waals surface area (Å²) in [4.78, 5) is 12.4. The molecule has 0 atom stereocenters. The number of hydrogen-bond acceptors (Lipinski definition) is 3. The topological polar surface area (TPSA) is 26.3 Å². The first-order valence-electron chi connectivity index (χ1n) is 4.04. The maximum absolute atomic E-state index is 11.3. The maximum atomic E-state index is 11.3. The second kappa shape index (κ2) is 2.33. The second-order valence-electron chi connectivity index (χ2n) is 2.97. The van der Waals surface area contributed by atoms with E-state index < -0.39 is 0 Å². The molecule has 0 spiro atoms. The van der Waals surface area contributed by atoms with Crippen LogP contribution in [-0.2, 0) is 11.3 Å². The molecule has 13 heavy (non-hydrogen) atoms. The molecule has 0 bridgehead atoms. The van der Waals surface area contributed by atoms with E-state index in [4.69, 9.17) is 4.74 Å². The van der Waals surface area contributed by atoms with Crippen LogP contribution >= 0.6 is 11.3 Å². The quantitative estimate of drug-likeness (QED) is 0.597. The first-order valence-corrected chi connectivity index (χ1v) is 4.85. The molecule has 2 heterocycles. The van der Waals surface area contributed by atoms with E-state index >= 15 is 0 Å². The van der Waals surface area contributed by atoms with E-state index in [0.29, 0.717) is 6.61 Å². The fourth-order valence-corrected chi connectivity index (χ4v) is 2.73. The third-order valence-corrected chi connectivity index (χ3v) is 3.35. The highest BCUT2D eigenvalue weighted by Gasteiger charge is 2.26. The predicted molar refractivity (Wildman–Crippen MR) is 50.9 cm³/mol. The van der Waals surface area contributed by atoms with Crippen molar-refractivity contribution in [1.29, 1.82) is 0 Å². The summed E-state index contributed by atoms with van der Waals surface area (Å²) in [6.45, 7) is 0.452. The van der Waals surface area contributed by atoms with E-state index in [0.717, 1.165) is 15.8 Å². The van der Waals surface area contributed by atoms with Crippen LogP contribution in [0.2, 0.25) is 0 Å². The Kier molecular flexibility index (Phi) is 1.27. The molecular formula is C10H6O2S. The second-order valence-corrected chi connectivity index (χ2v) is 4.11. The molecule has 2 nitrogen and oxygen atoms in total. The van der Waals surface area contributed by atoms with Gasteiger partial charge in [-0.05, 0) is 6.07 Å². The summed E-state index contributed by atoms with van der Waals surface area (Å²) in [7, 11) is 0. The summed E-state index contributed by atoms with van der Waals surface area (Å²) in [5.74, 6) is -0.174. The number of hydrogen-bond donors (Lipinski definition) is 0. The molecule has 3 rings (SSSR count). The summed E-state index contributed by atoms with van der Waals surface area (Å²) in [6.07, 6.45) is 0. The minimum absolute atomic E-state index is 0.174. The summed E-state index contributed by atoms with van der Waals surface area (Å²) in [6, 6.07) is 7.93. The maximum Gasteiger partial charge on any atom is 0.340 e. The fourth-order valence-electron chi connectivity index (χ4n) is 1.62. The lowest BCUT2D eigenvalue weighted by Crippen LogP contribution is -1.92. The molecule has 0 saturated heterocycles. The van der Waals surface area contributed by atoms with Gasteiger partial charge in [-0.2, -0.15) is 0 Å². The van der Waals surface area contributed by atoms with Crippen molar-refractivity contribution in [2.45, 2.75) is 6.61 Å². The predicted octanol–water partition coefficient (Wildman–Crippen LogP) is 2.57. The third-order valence-electron chi connectivity index (χ3n) is 2.21. The molecule has 0 unspecified atom stereocenters. The molecule has 0 N–H and O–H groups in total. The third kappa shape index (κ3) is 0.848. The molecule has 2 aromatic rings. The van der Waals surface area contributed by atoms with Crippen LogP contribution in [0.15, 0.2) is 24.3 Å². The molecule has 3 heteroatoms. The van der Waals surface area contributed by atoms with Crippen molar-refractivity contribution in [2.24, 2.45) is 0 Å². The Morgan fingerprint density at radius 3 is 3.08 bits per heavy atom. The number of rotatable bonds is 0. The van der Waals surface area contributed by atoms with Crippen LogP contribution in [0.1, 0.15) is 15.2 Å². The number of cyclic esters (lactones) is 1. The van der Waals surface area contributed by atoms with Crippen LogP contribution < -0.4 is 0 Å². The molecule has 0 aliphatic carbocycles. The smallest absolute Gasteiger partial charge is 0.340 e. The van der Waals surface area contributed by atoms with E-state index in [1.807, 2.05) is 24.3 Å². The lowest BCUT2D eigenvalue weighted by Gasteiger charge is -1.91. The largest absolute Gasteiger partial charge is 0.456 e. The summed E-state index contributed by atoms with van der Waals surface area (Å²) in [5.41, 5.74) is 0.778. The summed E-state index contributed by atoms with van der Waals surface area (Å²) in [5, 5.41) is 1.03. The van der Waals surface area contributed by atoms with Crippen LogP contribution in [-0.4, -0.2) is 5.97 Å². The Morgan fingerprint density at radius 1 is 1.31 bits per heavy atom. The molecule has 1 aliphatic heterocycles. The average Bonchev–Trinajstić information content (AvgIpc) is 2.66. The standard InChI is InChI=1S/C10H6O2S/c11-10-9-6-3-1-2-4-7(6)13-8(9)5-12-10/h1-4H,5H2. The highest BCUT2D eigenvalue weighted by molar-refractivity contribution is 7.19. The molecule has 1 aromatic heterocycles. The van der Waals surface area contributed by atoms with E-state index in [2.05, 4.69) is 0 Å². The van der Waals surface area contributed by atoms with Gasteiger partial charge >= 0.3 is 5.97 Å². The molecular weight excluding hydrogens is 184 g/mol. The van der Waals surface area contributed by atoms with Crippen LogP contribution in [0.25, 0.3) is 10.1 Å². The zero-order valence-corrected chi connectivity index (χ0v) is 7.56. The molecule has 0 amide bonds. The van der Waals surface area contributed by atoms with E-state index in [-0.39, 0.29) is 5.97 Å².